The quantitative estimate of drug-likeness (QED) is 0.750. The lowest BCUT2D eigenvalue weighted by Crippen LogP contribution is -2.02. The summed E-state index contributed by atoms with van der Waals surface area (Å²) in [6, 6.07) is 5.86. The highest BCUT2D eigenvalue weighted by molar-refractivity contribution is 9.10. The molecule has 2 heteroatoms. The Hall–Kier alpha value is -0.630. The number of aryl methyl sites for hydroxylation is 1. The van der Waals surface area contributed by atoms with Gasteiger partial charge in [0.25, 0.3) is 0 Å². The van der Waals surface area contributed by atoms with Crippen LogP contribution in [-0.2, 0) is 0 Å². The molecule has 1 saturated carbocycles. The Balaban J connectivity index is 2.17. The van der Waals surface area contributed by atoms with Crippen molar-refractivity contribution in [3.8, 4) is 0 Å². The van der Waals surface area contributed by atoms with Crippen LogP contribution in [-0.4, -0.2) is 5.78 Å². The van der Waals surface area contributed by atoms with E-state index in [2.05, 4.69) is 15.9 Å². The van der Waals surface area contributed by atoms with E-state index in [-0.39, 0.29) is 0 Å². The Bertz CT molecular complexity index is 367. The van der Waals surface area contributed by atoms with Crippen molar-refractivity contribution < 1.29 is 4.79 Å². The van der Waals surface area contributed by atoms with Crippen LogP contribution in [0.1, 0.15) is 35.2 Å². The van der Waals surface area contributed by atoms with Gasteiger partial charge in [-0.1, -0.05) is 22.0 Å². The molecule has 0 amide bonds. The largest absolute Gasteiger partial charge is 0.294 e. The molecule has 2 rings (SSSR count). The second-order valence-electron chi connectivity index (χ2n) is 4.03. The summed E-state index contributed by atoms with van der Waals surface area (Å²) in [6.07, 6.45) is 3.21. The van der Waals surface area contributed by atoms with Crippen molar-refractivity contribution in [2.75, 3.05) is 0 Å². The molecule has 0 aromatic heterocycles. The lowest BCUT2D eigenvalue weighted by molar-refractivity contribution is 0.0975. The Morgan fingerprint density at radius 1 is 1.50 bits per heavy atom. The van der Waals surface area contributed by atoms with Gasteiger partial charge in [0, 0.05) is 16.5 Å². The number of rotatable bonds is 3. The van der Waals surface area contributed by atoms with Crippen LogP contribution < -0.4 is 0 Å². The number of benzene rings is 1. The standard InChI is InChI=1S/C12H13BrO/c1-8-6-10(13)4-5-11(8)12(14)7-9-2-3-9/h4-6,9H,2-3,7H2,1H3. The highest BCUT2D eigenvalue weighted by Gasteiger charge is 2.25. The summed E-state index contributed by atoms with van der Waals surface area (Å²) in [7, 11) is 0. The van der Waals surface area contributed by atoms with E-state index in [4.69, 9.17) is 0 Å². The van der Waals surface area contributed by atoms with Crippen LogP contribution in [0, 0.1) is 12.8 Å². The molecule has 0 unspecified atom stereocenters. The number of ketones is 1. The molecule has 1 aromatic carbocycles. The van der Waals surface area contributed by atoms with E-state index in [0.29, 0.717) is 11.7 Å². The molecule has 0 radical (unpaired) electrons. The number of carbonyl (C=O) groups excluding carboxylic acids is 1. The number of hydrogen-bond donors (Lipinski definition) is 0. The zero-order chi connectivity index (χ0) is 10.1. The minimum absolute atomic E-state index is 0.303. The molecular weight excluding hydrogens is 240 g/mol. The van der Waals surface area contributed by atoms with Gasteiger partial charge in [-0.25, -0.2) is 0 Å². The van der Waals surface area contributed by atoms with Crippen molar-refractivity contribution in [2.45, 2.75) is 26.2 Å². The number of carbonyl (C=O) groups is 1. The maximum atomic E-state index is 11.8. The third kappa shape index (κ3) is 2.24. The fraction of sp³-hybridized carbons (Fsp3) is 0.417. The van der Waals surface area contributed by atoms with Gasteiger partial charge in [-0.05, 0) is 43.4 Å². The molecule has 1 nitrogen and oxygen atoms in total. The monoisotopic (exact) mass is 252 g/mol. The first-order valence-corrected chi connectivity index (χ1v) is 5.75. The fourth-order valence-electron chi connectivity index (χ4n) is 1.63. The predicted molar refractivity (Wildman–Crippen MR) is 60.6 cm³/mol. The van der Waals surface area contributed by atoms with E-state index in [1.807, 2.05) is 25.1 Å². The lowest BCUT2D eigenvalue weighted by atomic mass is 10.0. The normalized spacial score (nSPS) is 15.6. The van der Waals surface area contributed by atoms with Crippen LogP contribution in [0.15, 0.2) is 22.7 Å². The molecule has 74 valence electrons. The molecule has 0 saturated heterocycles. The molecule has 1 aromatic rings. The fourth-order valence-corrected chi connectivity index (χ4v) is 2.11. The first-order chi connectivity index (χ1) is 6.66. The van der Waals surface area contributed by atoms with Crippen molar-refractivity contribution in [3.63, 3.8) is 0 Å². The summed E-state index contributed by atoms with van der Waals surface area (Å²) in [5.41, 5.74) is 1.96. The van der Waals surface area contributed by atoms with Crippen molar-refractivity contribution in [2.24, 2.45) is 5.92 Å². The SMILES string of the molecule is Cc1cc(Br)ccc1C(=O)CC1CC1. The van der Waals surface area contributed by atoms with Crippen LogP contribution >= 0.6 is 15.9 Å². The van der Waals surface area contributed by atoms with E-state index < -0.39 is 0 Å². The molecule has 1 aliphatic rings. The molecule has 0 spiro atoms. The first-order valence-electron chi connectivity index (χ1n) is 4.96. The second kappa shape index (κ2) is 3.85. The summed E-state index contributed by atoms with van der Waals surface area (Å²) in [4.78, 5) is 11.8. The van der Waals surface area contributed by atoms with Crippen molar-refractivity contribution >= 4 is 21.7 Å². The summed E-state index contributed by atoms with van der Waals surface area (Å²) >= 11 is 3.40. The van der Waals surface area contributed by atoms with E-state index >= 15 is 0 Å². The minimum atomic E-state index is 0.303. The predicted octanol–water partition coefficient (Wildman–Crippen LogP) is 3.74. The van der Waals surface area contributed by atoms with E-state index in [9.17, 15) is 4.79 Å². The van der Waals surface area contributed by atoms with E-state index in [1.165, 1.54) is 12.8 Å². The van der Waals surface area contributed by atoms with Gasteiger partial charge in [-0.3, -0.25) is 4.79 Å². The molecule has 0 heterocycles. The van der Waals surface area contributed by atoms with E-state index in [1.54, 1.807) is 0 Å². The van der Waals surface area contributed by atoms with E-state index in [0.717, 1.165) is 22.0 Å². The Morgan fingerprint density at radius 2 is 2.21 bits per heavy atom. The van der Waals surface area contributed by atoms with Gasteiger partial charge in [-0.15, -0.1) is 0 Å². The highest BCUT2D eigenvalue weighted by atomic mass is 79.9. The average Bonchev–Trinajstić information content (AvgIpc) is 2.87. The van der Waals surface area contributed by atoms with Crippen LogP contribution in [0.4, 0.5) is 0 Å². The number of hydrogen-bond acceptors (Lipinski definition) is 1. The molecule has 0 N–H and O–H groups in total. The smallest absolute Gasteiger partial charge is 0.163 e. The first kappa shape index (κ1) is 9.91. The molecule has 0 atom stereocenters. The van der Waals surface area contributed by atoms with Crippen molar-refractivity contribution in [3.05, 3.63) is 33.8 Å². The zero-order valence-electron chi connectivity index (χ0n) is 8.22. The third-order valence-electron chi connectivity index (χ3n) is 2.66. The Labute approximate surface area is 92.6 Å². The molecule has 1 fully saturated rings. The molecule has 0 aliphatic heterocycles. The van der Waals surface area contributed by atoms with Crippen molar-refractivity contribution in [1.82, 2.24) is 0 Å². The maximum absolute atomic E-state index is 11.8. The van der Waals surface area contributed by atoms with Gasteiger partial charge in [-0.2, -0.15) is 0 Å². The average molecular weight is 253 g/mol. The van der Waals surface area contributed by atoms with Crippen LogP contribution in [0.25, 0.3) is 0 Å². The van der Waals surface area contributed by atoms with Gasteiger partial charge < -0.3 is 0 Å². The Morgan fingerprint density at radius 3 is 2.79 bits per heavy atom. The molecule has 0 bridgehead atoms. The number of halogens is 1. The summed E-state index contributed by atoms with van der Waals surface area (Å²) in [5.74, 6) is 0.975. The molecule has 1 aliphatic carbocycles. The maximum Gasteiger partial charge on any atom is 0.163 e. The third-order valence-corrected chi connectivity index (χ3v) is 3.15. The van der Waals surface area contributed by atoms with Crippen LogP contribution in [0.3, 0.4) is 0 Å². The lowest BCUT2D eigenvalue weighted by Gasteiger charge is -2.04. The van der Waals surface area contributed by atoms with Gasteiger partial charge >= 0.3 is 0 Å². The van der Waals surface area contributed by atoms with Gasteiger partial charge in [0.15, 0.2) is 5.78 Å². The van der Waals surface area contributed by atoms with Gasteiger partial charge in [0.1, 0.15) is 0 Å². The van der Waals surface area contributed by atoms with Crippen LogP contribution in [0.5, 0.6) is 0 Å². The van der Waals surface area contributed by atoms with Crippen molar-refractivity contribution in [1.29, 1.82) is 0 Å². The minimum Gasteiger partial charge on any atom is -0.294 e. The van der Waals surface area contributed by atoms with Crippen LogP contribution in [0.2, 0.25) is 0 Å². The Kier molecular flexibility index (Phi) is 2.73. The summed E-state index contributed by atoms with van der Waals surface area (Å²) < 4.78 is 1.04. The number of Topliss-reactive ketones (excluding diaryl/α,β-unsaturated/α-hetero) is 1. The van der Waals surface area contributed by atoms with Gasteiger partial charge in [0.05, 0.1) is 0 Å². The molecular formula is C12H13BrO. The zero-order valence-corrected chi connectivity index (χ0v) is 9.80. The summed E-state index contributed by atoms with van der Waals surface area (Å²) in [5, 5.41) is 0. The topological polar surface area (TPSA) is 17.1 Å². The second-order valence-corrected chi connectivity index (χ2v) is 4.95. The highest BCUT2D eigenvalue weighted by Crippen LogP contribution is 2.34. The van der Waals surface area contributed by atoms with Gasteiger partial charge in [0.2, 0.25) is 0 Å². The molecule has 14 heavy (non-hydrogen) atoms. The summed E-state index contributed by atoms with van der Waals surface area (Å²) in [6.45, 7) is 1.99.